The maximum absolute atomic E-state index is 12.5. The molecule has 0 aromatic heterocycles. The molecule has 0 saturated carbocycles. The second-order valence-corrected chi connectivity index (χ2v) is 13.6. The Balaban J connectivity index is 3.98. The van der Waals surface area contributed by atoms with Crippen molar-refractivity contribution in [3.8, 4) is 0 Å². The largest absolute Gasteiger partial charge is 0.481 e. The Kier molecular flexibility index (Phi) is 31.3. The van der Waals surface area contributed by atoms with Crippen LogP contribution in [0.1, 0.15) is 155 Å². The summed E-state index contributed by atoms with van der Waals surface area (Å²) in [6, 6.07) is -1.25. The molecule has 0 aliphatic heterocycles. The third-order valence-corrected chi connectivity index (χ3v) is 8.68. The van der Waals surface area contributed by atoms with Crippen LogP contribution in [0, 0.1) is 5.92 Å². The van der Waals surface area contributed by atoms with Crippen molar-refractivity contribution in [3.05, 3.63) is 0 Å². The fraction of sp³-hybridized carbons (Fsp3) is 0.816. The molecule has 0 unspecified atom stereocenters. The summed E-state index contributed by atoms with van der Waals surface area (Å²) in [5.74, 6) is -5.61. The molecule has 0 aromatic rings. The maximum atomic E-state index is 12.5. The number of hydrogen-bond acceptors (Lipinski definition) is 9. The first-order chi connectivity index (χ1) is 24.9. The predicted molar refractivity (Wildman–Crippen MR) is 195 cm³/mol. The topological polar surface area (TPSA) is 223 Å². The lowest BCUT2D eigenvalue weighted by atomic mass is 9.94. The number of rotatable bonds is 38. The second kappa shape index (κ2) is 33.4. The third-order valence-electron chi connectivity index (χ3n) is 8.68. The van der Waals surface area contributed by atoms with Crippen LogP contribution >= 0.6 is 0 Å². The average Bonchev–Trinajstić information content (AvgIpc) is 3.08. The zero-order chi connectivity index (χ0) is 38.8. The van der Waals surface area contributed by atoms with Gasteiger partial charge in [0.15, 0.2) is 5.78 Å². The van der Waals surface area contributed by atoms with Gasteiger partial charge in [-0.3, -0.25) is 28.8 Å². The van der Waals surface area contributed by atoms with E-state index in [2.05, 4.69) is 10.6 Å². The fourth-order valence-corrected chi connectivity index (χ4v) is 5.65. The molecule has 14 nitrogen and oxygen atoms in total. The highest BCUT2D eigenvalue weighted by atomic mass is 16.5. The highest BCUT2D eigenvalue weighted by molar-refractivity contribution is 5.86. The Morgan fingerprint density at radius 1 is 0.538 bits per heavy atom. The normalized spacial score (nSPS) is 12.2. The molecule has 0 spiro atoms. The van der Waals surface area contributed by atoms with Gasteiger partial charge in [0.1, 0.15) is 18.4 Å². The fourth-order valence-electron chi connectivity index (χ4n) is 5.65. The summed E-state index contributed by atoms with van der Waals surface area (Å²) in [4.78, 5) is 81.6. The van der Waals surface area contributed by atoms with E-state index in [4.69, 9.17) is 14.6 Å². The quantitative estimate of drug-likeness (QED) is 0.0486. The number of carboxylic acids is 3. The molecule has 0 fully saturated rings. The van der Waals surface area contributed by atoms with Crippen molar-refractivity contribution in [1.29, 1.82) is 0 Å². The molecule has 52 heavy (non-hydrogen) atoms. The van der Waals surface area contributed by atoms with Gasteiger partial charge in [-0.1, -0.05) is 89.9 Å². The van der Waals surface area contributed by atoms with Crippen molar-refractivity contribution in [1.82, 2.24) is 10.6 Å². The number of ketones is 2. The SMILES string of the molecule is CC(=O)COCCOCCNC(=O)CC[C@H](CC(=O)CC[C@H](NC(=O)CCCCCCCCCCCCCCCCCCC(=O)O)C(=O)O)C(=O)O. The molecule has 0 radical (unpaired) electrons. The molecular formula is C38H66N2O12. The van der Waals surface area contributed by atoms with Gasteiger partial charge in [-0.05, 0) is 32.6 Å². The van der Waals surface area contributed by atoms with Crippen molar-refractivity contribution in [2.45, 2.75) is 161 Å². The number of carbonyl (C=O) groups is 7. The summed E-state index contributed by atoms with van der Waals surface area (Å²) >= 11 is 0. The summed E-state index contributed by atoms with van der Waals surface area (Å²) in [5.41, 5.74) is 0. The molecule has 0 bridgehead atoms. The number of hydrogen-bond donors (Lipinski definition) is 5. The van der Waals surface area contributed by atoms with Crippen LogP contribution in [-0.4, -0.2) is 95.6 Å². The number of unbranched alkanes of at least 4 members (excludes halogenated alkanes) is 15. The summed E-state index contributed by atoms with van der Waals surface area (Å²) in [6.45, 7) is 2.34. The number of Topliss-reactive ketones (excluding diaryl/α,β-unsaturated/α-hetero) is 2. The molecule has 0 heterocycles. The van der Waals surface area contributed by atoms with Gasteiger partial charge in [-0.15, -0.1) is 0 Å². The molecule has 0 saturated heterocycles. The van der Waals surface area contributed by atoms with E-state index in [0.29, 0.717) is 6.42 Å². The van der Waals surface area contributed by atoms with Crippen molar-refractivity contribution < 1.29 is 58.4 Å². The Morgan fingerprint density at radius 3 is 1.52 bits per heavy atom. The minimum atomic E-state index is -1.26. The van der Waals surface area contributed by atoms with E-state index in [1.807, 2.05) is 0 Å². The Labute approximate surface area is 309 Å². The second-order valence-electron chi connectivity index (χ2n) is 13.6. The van der Waals surface area contributed by atoms with E-state index in [9.17, 15) is 43.8 Å². The Morgan fingerprint density at radius 2 is 1.04 bits per heavy atom. The number of amides is 2. The van der Waals surface area contributed by atoms with Crippen LogP contribution in [0.3, 0.4) is 0 Å². The summed E-state index contributed by atoms with van der Waals surface area (Å²) < 4.78 is 10.3. The molecular weight excluding hydrogens is 676 g/mol. The number of nitrogens with one attached hydrogen (secondary N) is 2. The number of ether oxygens (including phenoxy) is 2. The van der Waals surface area contributed by atoms with E-state index in [1.54, 1.807) is 0 Å². The Hall–Kier alpha value is -3.39. The van der Waals surface area contributed by atoms with Gasteiger partial charge in [0.2, 0.25) is 11.8 Å². The highest BCUT2D eigenvalue weighted by Gasteiger charge is 2.25. The van der Waals surface area contributed by atoms with Gasteiger partial charge in [-0.25, -0.2) is 4.79 Å². The van der Waals surface area contributed by atoms with E-state index in [0.717, 1.165) is 44.9 Å². The van der Waals surface area contributed by atoms with Crippen LogP contribution in [0.4, 0.5) is 0 Å². The first kappa shape index (κ1) is 48.6. The zero-order valence-electron chi connectivity index (χ0n) is 31.5. The van der Waals surface area contributed by atoms with Crippen LogP contribution in [0.25, 0.3) is 0 Å². The molecule has 2 atom stereocenters. The molecule has 0 aromatic carbocycles. The Bertz CT molecular complexity index is 1040. The number of carboxylic acid groups (broad SMARTS) is 3. The minimum absolute atomic E-state index is 0.0112. The van der Waals surface area contributed by atoms with Crippen molar-refractivity contribution >= 4 is 41.3 Å². The van der Waals surface area contributed by atoms with Gasteiger partial charge >= 0.3 is 17.9 Å². The van der Waals surface area contributed by atoms with E-state index < -0.39 is 41.6 Å². The lowest BCUT2D eigenvalue weighted by Crippen LogP contribution is -2.41. The minimum Gasteiger partial charge on any atom is -0.481 e. The molecule has 0 aliphatic rings. The highest BCUT2D eigenvalue weighted by Crippen LogP contribution is 2.16. The molecule has 0 rings (SSSR count). The predicted octanol–water partition coefficient (Wildman–Crippen LogP) is 5.62. The lowest BCUT2D eigenvalue weighted by Gasteiger charge is -2.15. The van der Waals surface area contributed by atoms with Crippen LogP contribution in [0.2, 0.25) is 0 Å². The van der Waals surface area contributed by atoms with Gasteiger partial charge in [-0.2, -0.15) is 0 Å². The van der Waals surface area contributed by atoms with Crippen molar-refractivity contribution in [2.75, 3.05) is 33.0 Å². The monoisotopic (exact) mass is 742 g/mol. The lowest BCUT2D eigenvalue weighted by molar-refractivity contribution is -0.145. The van der Waals surface area contributed by atoms with Gasteiger partial charge < -0.3 is 35.4 Å². The van der Waals surface area contributed by atoms with Crippen LogP contribution in [0.5, 0.6) is 0 Å². The standard InChI is InChI=1S/C38H66N2O12/c1-30(41)29-52-27-26-51-25-24-39-34(43)23-20-31(37(47)48)28-32(42)21-22-33(38(49)50)40-35(44)18-16-14-12-10-8-6-4-2-3-5-7-9-11-13-15-17-19-36(45)46/h31,33H,2-29H2,1H3,(H,39,43)(H,40,44)(H,45,46)(H,47,48)(H,49,50)/t31-,33+/m1/s1. The molecule has 14 heteroatoms. The summed E-state index contributed by atoms with van der Waals surface area (Å²) in [5, 5.41) is 32.8. The van der Waals surface area contributed by atoms with E-state index in [-0.39, 0.29) is 89.6 Å². The maximum Gasteiger partial charge on any atom is 0.326 e. The zero-order valence-corrected chi connectivity index (χ0v) is 31.5. The molecule has 5 N–H and O–H groups in total. The number of carbonyl (C=O) groups excluding carboxylic acids is 4. The van der Waals surface area contributed by atoms with Crippen LogP contribution < -0.4 is 10.6 Å². The van der Waals surface area contributed by atoms with Gasteiger partial charge in [0.05, 0.1) is 25.7 Å². The average molecular weight is 743 g/mol. The molecule has 300 valence electrons. The summed E-state index contributed by atoms with van der Waals surface area (Å²) in [6.07, 6.45) is 17.1. The van der Waals surface area contributed by atoms with Crippen LogP contribution in [0.15, 0.2) is 0 Å². The van der Waals surface area contributed by atoms with Gasteiger partial charge in [0.25, 0.3) is 0 Å². The van der Waals surface area contributed by atoms with Crippen molar-refractivity contribution in [2.24, 2.45) is 5.92 Å². The van der Waals surface area contributed by atoms with E-state index in [1.165, 1.54) is 58.3 Å². The van der Waals surface area contributed by atoms with Crippen LogP contribution in [-0.2, 0) is 43.0 Å². The molecule has 2 amide bonds. The third kappa shape index (κ3) is 32.5. The first-order valence-electron chi connectivity index (χ1n) is 19.3. The van der Waals surface area contributed by atoms with Crippen molar-refractivity contribution in [3.63, 3.8) is 0 Å². The summed E-state index contributed by atoms with van der Waals surface area (Å²) in [7, 11) is 0. The van der Waals surface area contributed by atoms with E-state index >= 15 is 0 Å². The molecule has 0 aliphatic carbocycles. The van der Waals surface area contributed by atoms with Gasteiger partial charge in [0, 0.05) is 38.6 Å². The first-order valence-corrected chi connectivity index (χ1v) is 19.3. The smallest absolute Gasteiger partial charge is 0.326 e. The number of aliphatic carboxylic acids is 3.